The molecule has 0 fully saturated rings. The maximum atomic E-state index is 12.8. The van der Waals surface area contributed by atoms with Crippen molar-refractivity contribution in [3.8, 4) is 22.5 Å². The third-order valence-corrected chi connectivity index (χ3v) is 4.43. The van der Waals surface area contributed by atoms with E-state index < -0.39 is 11.6 Å². The van der Waals surface area contributed by atoms with Gasteiger partial charge in [0.2, 0.25) is 5.95 Å². The molecule has 6 nitrogen and oxygen atoms in total. The number of aromatic nitrogens is 3. The number of hydrogen-bond donors (Lipinski definition) is 1. The first-order valence-corrected chi connectivity index (χ1v) is 9.64. The van der Waals surface area contributed by atoms with Crippen molar-refractivity contribution in [3.63, 3.8) is 0 Å². The average Bonchev–Trinajstić information content (AvgIpc) is 2.72. The Morgan fingerprint density at radius 3 is 2.30 bits per heavy atom. The number of esters is 1. The third kappa shape index (κ3) is 3.98. The molecule has 2 aromatic carbocycles. The molecular formula is C24H22N4O2. The van der Waals surface area contributed by atoms with Gasteiger partial charge < -0.3 is 10.5 Å². The SMILES string of the molecule is CC(C)(C)OC(=O)c1ccccc1-c1ccc2nc(N)nc(-c3ccccc3)c2n1. The first-order chi connectivity index (χ1) is 14.3. The van der Waals surface area contributed by atoms with Crippen LogP contribution < -0.4 is 5.73 Å². The van der Waals surface area contributed by atoms with E-state index in [9.17, 15) is 4.79 Å². The molecule has 150 valence electrons. The molecule has 0 aliphatic heterocycles. The summed E-state index contributed by atoms with van der Waals surface area (Å²) in [5.74, 6) is -0.207. The van der Waals surface area contributed by atoms with Crippen molar-refractivity contribution in [2.75, 3.05) is 5.73 Å². The normalized spacial score (nSPS) is 11.4. The lowest BCUT2D eigenvalue weighted by Gasteiger charge is -2.20. The number of nitrogens with zero attached hydrogens (tertiary/aromatic N) is 3. The molecule has 30 heavy (non-hydrogen) atoms. The minimum absolute atomic E-state index is 0.185. The van der Waals surface area contributed by atoms with E-state index in [0.29, 0.717) is 33.5 Å². The fraction of sp³-hybridized carbons (Fsp3) is 0.167. The number of benzene rings is 2. The standard InChI is InChI=1S/C24H22N4O2/c1-24(2,3)30-22(29)17-12-8-7-11-16(17)18-13-14-19-21(26-18)20(28-23(25)27-19)15-9-5-4-6-10-15/h4-14H,1-3H3,(H2,25,27,28). The van der Waals surface area contributed by atoms with Gasteiger partial charge in [-0.3, -0.25) is 0 Å². The summed E-state index contributed by atoms with van der Waals surface area (Å²) < 4.78 is 5.57. The van der Waals surface area contributed by atoms with Crippen LogP contribution in [-0.2, 0) is 4.74 Å². The highest BCUT2D eigenvalue weighted by Crippen LogP contribution is 2.30. The molecule has 0 aliphatic carbocycles. The molecule has 0 saturated heterocycles. The van der Waals surface area contributed by atoms with Gasteiger partial charge in [0.05, 0.1) is 16.8 Å². The van der Waals surface area contributed by atoms with Gasteiger partial charge in [-0.2, -0.15) is 0 Å². The van der Waals surface area contributed by atoms with E-state index in [1.807, 2.05) is 81.4 Å². The van der Waals surface area contributed by atoms with Crippen LogP contribution in [-0.4, -0.2) is 26.5 Å². The average molecular weight is 398 g/mol. The number of ether oxygens (including phenoxy) is 1. The van der Waals surface area contributed by atoms with Gasteiger partial charge in [-0.15, -0.1) is 0 Å². The van der Waals surface area contributed by atoms with Crippen LogP contribution in [0.5, 0.6) is 0 Å². The molecule has 0 saturated carbocycles. The van der Waals surface area contributed by atoms with Gasteiger partial charge in [-0.1, -0.05) is 48.5 Å². The van der Waals surface area contributed by atoms with Crippen molar-refractivity contribution < 1.29 is 9.53 Å². The predicted octanol–water partition coefficient (Wildman–Crippen LogP) is 4.90. The molecule has 4 aromatic rings. The van der Waals surface area contributed by atoms with Crippen molar-refractivity contribution >= 4 is 23.0 Å². The minimum atomic E-state index is -0.590. The van der Waals surface area contributed by atoms with Gasteiger partial charge in [-0.25, -0.2) is 19.7 Å². The zero-order valence-electron chi connectivity index (χ0n) is 17.1. The largest absolute Gasteiger partial charge is 0.456 e. The van der Waals surface area contributed by atoms with Gasteiger partial charge in [0, 0.05) is 11.1 Å². The number of fused-ring (bicyclic) bond motifs is 1. The molecule has 2 N–H and O–H groups in total. The zero-order valence-corrected chi connectivity index (χ0v) is 17.1. The van der Waals surface area contributed by atoms with Crippen LogP contribution in [0, 0.1) is 0 Å². The monoisotopic (exact) mass is 398 g/mol. The molecule has 0 aliphatic rings. The van der Waals surface area contributed by atoms with E-state index in [2.05, 4.69) is 9.97 Å². The summed E-state index contributed by atoms with van der Waals surface area (Å²) in [7, 11) is 0. The Morgan fingerprint density at radius 2 is 1.57 bits per heavy atom. The maximum absolute atomic E-state index is 12.8. The number of carbonyl (C=O) groups is 1. The van der Waals surface area contributed by atoms with Crippen molar-refractivity contribution in [1.82, 2.24) is 15.0 Å². The van der Waals surface area contributed by atoms with Gasteiger partial charge in [0.15, 0.2) is 0 Å². The van der Waals surface area contributed by atoms with Crippen LogP contribution in [0.3, 0.4) is 0 Å². The summed E-state index contributed by atoms with van der Waals surface area (Å²) in [6, 6.07) is 20.6. The highest BCUT2D eigenvalue weighted by atomic mass is 16.6. The lowest BCUT2D eigenvalue weighted by molar-refractivity contribution is 0.00704. The van der Waals surface area contributed by atoms with Crippen LogP contribution in [0.4, 0.5) is 5.95 Å². The third-order valence-electron chi connectivity index (χ3n) is 4.43. The quantitative estimate of drug-likeness (QED) is 0.494. The van der Waals surface area contributed by atoms with Crippen LogP contribution >= 0.6 is 0 Å². The van der Waals surface area contributed by atoms with Gasteiger partial charge in [-0.05, 0) is 39.0 Å². The number of rotatable bonds is 3. The van der Waals surface area contributed by atoms with Crippen molar-refractivity contribution in [2.24, 2.45) is 0 Å². The summed E-state index contributed by atoms with van der Waals surface area (Å²) in [5, 5.41) is 0. The molecule has 0 amide bonds. The summed E-state index contributed by atoms with van der Waals surface area (Å²) in [4.78, 5) is 26.3. The molecule has 0 spiro atoms. The number of nitrogens with two attached hydrogens (primary N) is 1. The summed E-state index contributed by atoms with van der Waals surface area (Å²) in [6.07, 6.45) is 0. The second-order valence-electron chi connectivity index (χ2n) is 7.91. The van der Waals surface area contributed by atoms with Crippen LogP contribution in [0.15, 0.2) is 66.7 Å². The van der Waals surface area contributed by atoms with Gasteiger partial charge >= 0.3 is 5.97 Å². The molecule has 0 unspecified atom stereocenters. The fourth-order valence-corrected chi connectivity index (χ4v) is 3.20. The van der Waals surface area contributed by atoms with Crippen molar-refractivity contribution in [2.45, 2.75) is 26.4 Å². The van der Waals surface area contributed by atoms with E-state index in [1.165, 1.54) is 0 Å². The Hall–Kier alpha value is -3.80. The Balaban J connectivity index is 1.88. The summed E-state index contributed by atoms with van der Waals surface area (Å²) in [6.45, 7) is 5.53. The van der Waals surface area contributed by atoms with Gasteiger partial charge in [0.25, 0.3) is 0 Å². The topological polar surface area (TPSA) is 91.0 Å². The van der Waals surface area contributed by atoms with E-state index in [0.717, 1.165) is 5.56 Å². The smallest absolute Gasteiger partial charge is 0.339 e. The number of anilines is 1. The van der Waals surface area contributed by atoms with Crippen LogP contribution in [0.25, 0.3) is 33.5 Å². The Bertz CT molecular complexity index is 1230. The zero-order chi connectivity index (χ0) is 21.3. The van der Waals surface area contributed by atoms with Crippen LogP contribution in [0.1, 0.15) is 31.1 Å². The van der Waals surface area contributed by atoms with E-state index in [-0.39, 0.29) is 5.95 Å². The predicted molar refractivity (Wildman–Crippen MR) is 118 cm³/mol. The Labute approximate surface area is 174 Å². The molecule has 0 atom stereocenters. The molecule has 4 rings (SSSR count). The Kier molecular flexibility index (Phi) is 4.91. The van der Waals surface area contributed by atoms with Crippen molar-refractivity contribution in [1.29, 1.82) is 0 Å². The van der Waals surface area contributed by atoms with E-state index in [4.69, 9.17) is 15.5 Å². The van der Waals surface area contributed by atoms with E-state index in [1.54, 1.807) is 6.07 Å². The number of hydrogen-bond acceptors (Lipinski definition) is 6. The second-order valence-corrected chi connectivity index (χ2v) is 7.91. The molecule has 2 aromatic heterocycles. The maximum Gasteiger partial charge on any atom is 0.339 e. The molecule has 2 heterocycles. The first-order valence-electron chi connectivity index (χ1n) is 9.64. The summed E-state index contributed by atoms with van der Waals surface area (Å²) >= 11 is 0. The van der Waals surface area contributed by atoms with Crippen molar-refractivity contribution in [3.05, 3.63) is 72.3 Å². The number of nitrogen functional groups attached to an aromatic ring is 1. The highest BCUT2D eigenvalue weighted by Gasteiger charge is 2.21. The highest BCUT2D eigenvalue weighted by molar-refractivity contribution is 5.98. The first kappa shape index (κ1) is 19.5. The van der Waals surface area contributed by atoms with Crippen LogP contribution in [0.2, 0.25) is 0 Å². The Morgan fingerprint density at radius 1 is 0.867 bits per heavy atom. The summed E-state index contributed by atoms with van der Waals surface area (Å²) in [5.41, 5.74) is 9.90. The lowest BCUT2D eigenvalue weighted by Crippen LogP contribution is -2.24. The molecule has 0 radical (unpaired) electrons. The fourth-order valence-electron chi connectivity index (χ4n) is 3.20. The molecule has 0 bridgehead atoms. The lowest BCUT2D eigenvalue weighted by atomic mass is 10.0. The molecular weight excluding hydrogens is 376 g/mol. The van der Waals surface area contributed by atoms with Gasteiger partial charge in [0.1, 0.15) is 16.8 Å². The minimum Gasteiger partial charge on any atom is -0.456 e. The number of pyridine rings is 1. The number of carbonyl (C=O) groups excluding carboxylic acids is 1. The second kappa shape index (κ2) is 7.55. The molecule has 6 heteroatoms. The van der Waals surface area contributed by atoms with E-state index >= 15 is 0 Å².